The predicted octanol–water partition coefficient (Wildman–Crippen LogP) is 1.67. The Hall–Kier alpha value is -1.97. The van der Waals surface area contributed by atoms with Gasteiger partial charge < -0.3 is 10.6 Å². The van der Waals surface area contributed by atoms with Gasteiger partial charge in [-0.05, 0) is 49.9 Å². The predicted molar refractivity (Wildman–Crippen MR) is 118 cm³/mol. The highest BCUT2D eigenvalue weighted by Crippen LogP contribution is 2.22. The molecule has 1 fully saturated rings. The molecule has 1 atom stereocenters. The van der Waals surface area contributed by atoms with E-state index in [1.807, 2.05) is 13.8 Å². The molecule has 0 radical (unpaired) electrons. The largest absolute Gasteiger partial charge is 0.356 e. The summed E-state index contributed by atoms with van der Waals surface area (Å²) in [6.45, 7) is 7.90. The average molecular weight is 439 g/mol. The monoisotopic (exact) mass is 438 g/mol. The van der Waals surface area contributed by atoms with E-state index in [0.717, 1.165) is 30.2 Å². The van der Waals surface area contributed by atoms with Crippen molar-refractivity contribution in [3.63, 3.8) is 0 Å². The van der Waals surface area contributed by atoms with E-state index in [4.69, 9.17) is 0 Å². The topological polar surface area (TPSA) is 98.8 Å². The van der Waals surface area contributed by atoms with E-state index in [0.29, 0.717) is 23.7 Å². The normalized spacial score (nSPS) is 17.9. The van der Waals surface area contributed by atoms with Crippen LogP contribution in [0, 0.1) is 18.8 Å². The van der Waals surface area contributed by atoms with Crippen molar-refractivity contribution in [2.75, 3.05) is 45.6 Å². The number of sulfonamides is 1. The summed E-state index contributed by atoms with van der Waals surface area (Å²) < 4.78 is 26.1. The lowest BCUT2D eigenvalue weighted by Gasteiger charge is -2.32. The van der Waals surface area contributed by atoms with Crippen LogP contribution in [0.5, 0.6) is 0 Å². The number of nitrogens with one attached hydrogen (secondary N) is 2. The number of rotatable bonds is 8. The van der Waals surface area contributed by atoms with Crippen LogP contribution < -0.4 is 10.6 Å². The number of aryl methyl sites for hydroxylation is 1. The highest BCUT2D eigenvalue weighted by molar-refractivity contribution is 7.89. The van der Waals surface area contributed by atoms with Crippen LogP contribution in [0.3, 0.4) is 0 Å². The van der Waals surface area contributed by atoms with Crippen molar-refractivity contribution in [2.45, 2.75) is 38.5 Å². The van der Waals surface area contributed by atoms with Crippen LogP contribution in [0.2, 0.25) is 0 Å². The summed E-state index contributed by atoms with van der Waals surface area (Å²) in [7, 11) is -0.618. The number of likely N-dealkylation sites (tertiary alicyclic amines) is 1. The van der Waals surface area contributed by atoms with Crippen LogP contribution >= 0.6 is 0 Å². The van der Waals surface area contributed by atoms with E-state index < -0.39 is 10.0 Å². The molecule has 0 spiro atoms. The summed E-state index contributed by atoms with van der Waals surface area (Å²) in [4.78, 5) is 26.6. The zero-order valence-corrected chi connectivity index (χ0v) is 19.4. The third kappa shape index (κ3) is 6.52. The SMILES string of the molecule is Cc1ccc(NC(=O)CN2CCCC(CNC(=O)C(C)C)C2)cc1S(=O)(=O)N(C)C. The maximum absolute atomic E-state index is 12.5. The standard InChI is InChI=1S/C21H34N4O4S/c1-15(2)21(27)22-12-17-7-6-10-25(13-17)14-20(26)23-18-9-8-16(3)19(11-18)30(28,29)24(4)5/h8-9,11,15,17H,6-7,10,12-14H2,1-5H3,(H,22,27)(H,23,26). The van der Waals surface area contributed by atoms with Gasteiger partial charge in [-0.25, -0.2) is 12.7 Å². The van der Waals surface area contributed by atoms with Gasteiger partial charge in [0.15, 0.2) is 0 Å². The van der Waals surface area contributed by atoms with Crippen LogP contribution in [0.4, 0.5) is 5.69 Å². The van der Waals surface area contributed by atoms with Crippen molar-refractivity contribution in [3.8, 4) is 0 Å². The zero-order valence-electron chi connectivity index (χ0n) is 18.6. The van der Waals surface area contributed by atoms with E-state index in [1.54, 1.807) is 19.1 Å². The molecule has 1 aliphatic heterocycles. The van der Waals surface area contributed by atoms with Gasteiger partial charge in [-0.15, -0.1) is 0 Å². The summed E-state index contributed by atoms with van der Waals surface area (Å²) in [6, 6.07) is 4.91. The second-order valence-electron chi connectivity index (χ2n) is 8.46. The second-order valence-corrected chi connectivity index (χ2v) is 10.6. The molecule has 9 heteroatoms. The first-order valence-electron chi connectivity index (χ1n) is 10.3. The second kappa shape index (κ2) is 10.4. The van der Waals surface area contributed by atoms with E-state index in [9.17, 15) is 18.0 Å². The van der Waals surface area contributed by atoms with Crippen molar-refractivity contribution in [1.29, 1.82) is 0 Å². The number of nitrogens with zero attached hydrogens (tertiary/aromatic N) is 2. The maximum Gasteiger partial charge on any atom is 0.242 e. The molecule has 30 heavy (non-hydrogen) atoms. The molecule has 2 rings (SSSR count). The Labute approximate surface area is 180 Å². The van der Waals surface area contributed by atoms with E-state index >= 15 is 0 Å². The van der Waals surface area contributed by atoms with Gasteiger partial charge in [-0.1, -0.05) is 19.9 Å². The molecule has 1 aromatic rings. The fourth-order valence-corrected chi connectivity index (χ4v) is 4.61. The van der Waals surface area contributed by atoms with Crippen LogP contribution in [0.1, 0.15) is 32.3 Å². The van der Waals surface area contributed by atoms with Crippen molar-refractivity contribution in [1.82, 2.24) is 14.5 Å². The van der Waals surface area contributed by atoms with Crippen LogP contribution in [0.25, 0.3) is 0 Å². The van der Waals surface area contributed by atoms with Gasteiger partial charge in [0.25, 0.3) is 0 Å². The van der Waals surface area contributed by atoms with Crippen molar-refractivity contribution < 1.29 is 18.0 Å². The molecule has 1 aromatic carbocycles. The Morgan fingerprint density at radius 3 is 2.60 bits per heavy atom. The number of carbonyl (C=O) groups is 2. The molecule has 1 aliphatic rings. The van der Waals surface area contributed by atoms with Gasteiger partial charge in [-0.3, -0.25) is 14.5 Å². The molecule has 0 aliphatic carbocycles. The first kappa shape index (κ1) is 24.3. The number of anilines is 1. The number of benzene rings is 1. The summed E-state index contributed by atoms with van der Waals surface area (Å²) >= 11 is 0. The van der Waals surface area contributed by atoms with Gasteiger partial charge in [0.2, 0.25) is 21.8 Å². The molecule has 1 saturated heterocycles. The smallest absolute Gasteiger partial charge is 0.242 e. The Morgan fingerprint density at radius 2 is 1.97 bits per heavy atom. The molecule has 1 heterocycles. The van der Waals surface area contributed by atoms with Crippen molar-refractivity contribution in [3.05, 3.63) is 23.8 Å². The summed E-state index contributed by atoms with van der Waals surface area (Å²) in [5.74, 6) is 0.156. The Balaban J connectivity index is 1.95. The molecular formula is C21H34N4O4S. The molecule has 0 bridgehead atoms. The minimum Gasteiger partial charge on any atom is -0.356 e. The quantitative estimate of drug-likeness (QED) is 0.643. The highest BCUT2D eigenvalue weighted by Gasteiger charge is 2.23. The number of carbonyl (C=O) groups excluding carboxylic acids is 2. The molecule has 2 amide bonds. The van der Waals surface area contributed by atoms with Crippen LogP contribution in [0.15, 0.2) is 23.1 Å². The zero-order chi connectivity index (χ0) is 22.5. The lowest BCUT2D eigenvalue weighted by Crippen LogP contribution is -2.44. The number of amides is 2. The van der Waals surface area contributed by atoms with Gasteiger partial charge in [0.05, 0.1) is 11.4 Å². The van der Waals surface area contributed by atoms with E-state index in [-0.39, 0.29) is 29.2 Å². The fourth-order valence-electron chi connectivity index (χ4n) is 3.47. The third-order valence-electron chi connectivity index (χ3n) is 5.29. The van der Waals surface area contributed by atoms with Gasteiger partial charge in [0.1, 0.15) is 0 Å². The number of hydrogen-bond donors (Lipinski definition) is 2. The van der Waals surface area contributed by atoms with Gasteiger partial charge >= 0.3 is 0 Å². The number of piperidine rings is 1. The van der Waals surface area contributed by atoms with Crippen LogP contribution in [-0.2, 0) is 19.6 Å². The van der Waals surface area contributed by atoms with Crippen molar-refractivity contribution >= 4 is 27.5 Å². The maximum atomic E-state index is 12.5. The lowest BCUT2D eigenvalue weighted by molar-refractivity contribution is -0.124. The minimum atomic E-state index is -3.58. The molecule has 0 saturated carbocycles. The van der Waals surface area contributed by atoms with Gasteiger partial charge in [0, 0.05) is 38.8 Å². The summed E-state index contributed by atoms with van der Waals surface area (Å²) in [5, 5.41) is 5.79. The molecular weight excluding hydrogens is 404 g/mol. The minimum absolute atomic E-state index is 0.0359. The molecule has 2 N–H and O–H groups in total. The molecule has 1 unspecified atom stereocenters. The molecule has 168 valence electrons. The molecule has 8 nitrogen and oxygen atoms in total. The first-order chi connectivity index (χ1) is 14.0. The first-order valence-corrected chi connectivity index (χ1v) is 11.8. The Kier molecular flexibility index (Phi) is 8.40. The van der Waals surface area contributed by atoms with E-state index in [1.165, 1.54) is 20.2 Å². The Bertz CT molecular complexity index is 868. The highest BCUT2D eigenvalue weighted by atomic mass is 32.2. The summed E-state index contributed by atoms with van der Waals surface area (Å²) in [6.07, 6.45) is 2.01. The third-order valence-corrected chi connectivity index (χ3v) is 7.25. The summed E-state index contributed by atoms with van der Waals surface area (Å²) in [5.41, 5.74) is 1.09. The number of hydrogen-bond acceptors (Lipinski definition) is 5. The molecule has 0 aromatic heterocycles. The van der Waals surface area contributed by atoms with Crippen molar-refractivity contribution in [2.24, 2.45) is 11.8 Å². The fraction of sp³-hybridized carbons (Fsp3) is 0.619. The van der Waals surface area contributed by atoms with Crippen LogP contribution in [-0.4, -0.2) is 69.7 Å². The van der Waals surface area contributed by atoms with Gasteiger partial charge in [-0.2, -0.15) is 0 Å². The average Bonchev–Trinajstić information content (AvgIpc) is 2.67. The Morgan fingerprint density at radius 1 is 1.27 bits per heavy atom. The lowest BCUT2D eigenvalue weighted by atomic mass is 9.97. The van der Waals surface area contributed by atoms with E-state index in [2.05, 4.69) is 15.5 Å².